The Balaban J connectivity index is 2.21. The van der Waals surface area contributed by atoms with Gasteiger partial charge in [-0.3, -0.25) is 0 Å². The predicted molar refractivity (Wildman–Crippen MR) is 106 cm³/mol. The van der Waals surface area contributed by atoms with Crippen LogP contribution in [-0.4, -0.2) is 2.56 Å². The van der Waals surface area contributed by atoms with Gasteiger partial charge in [0.15, 0.2) is 0 Å². The van der Waals surface area contributed by atoms with Gasteiger partial charge in [-0.1, -0.05) is 72.8 Å². The summed E-state index contributed by atoms with van der Waals surface area (Å²) in [6.45, 7) is 0. The van der Waals surface area contributed by atoms with Gasteiger partial charge in [0, 0.05) is 0 Å². The van der Waals surface area contributed by atoms with Gasteiger partial charge in [0.05, 0.1) is 2.56 Å². The topological polar surface area (TPSA) is 0 Å². The summed E-state index contributed by atoms with van der Waals surface area (Å²) >= 11 is 0. The minimum Gasteiger partial charge on any atom is -0.105 e. The summed E-state index contributed by atoms with van der Waals surface area (Å²) in [6, 6.07) is 25.0. The molecule has 4 aromatic rings. The molecule has 0 amide bonds. The third kappa shape index (κ3) is 2.15. The van der Waals surface area contributed by atoms with Crippen molar-refractivity contribution < 1.29 is 0 Å². The van der Waals surface area contributed by atoms with E-state index in [1.807, 2.05) is 12.1 Å². The molecule has 0 fully saturated rings. The van der Waals surface area contributed by atoms with Crippen LogP contribution in [0.3, 0.4) is 0 Å². The highest BCUT2D eigenvalue weighted by Gasteiger charge is 2.13. The van der Waals surface area contributed by atoms with Gasteiger partial charge >= 0.3 is 0 Å². The number of rotatable bonds is 3. The second kappa shape index (κ2) is 5.47. The van der Waals surface area contributed by atoms with Crippen molar-refractivity contribution in [1.29, 1.82) is 2.56 Å². The molecule has 2 unspecified atom stereocenters. The maximum Gasteiger partial charge on any atom is 0.0595 e. The first-order valence-corrected chi connectivity index (χ1v) is 8.23. The summed E-state index contributed by atoms with van der Waals surface area (Å²) in [5.41, 5.74) is 2.26. The van der Waals surface area contributed by atoms with E-state index in [-0.39, 0.29) is 18.4 Å². The van der Waals surface area contributed by atoms with Gasteiger partial charge in [0.2, 0.25) is 0 Å². The number of hydrogen-bond acceptors (Lipinski definition) is 0. The third-order valence-corrected chi connectivity index (χ3v) is 4.94. The molecule has 0 saturated heterocycles. The largest absolute Gasteiger partial charge is 0.105 e. The first-order chi connectivity index (χ1) is 11.8. The van der Waals surface area contributed by atoms with Crippen LogP contribution in [0.5, 0.6) is 0 Å². The molecule has 0 heterocycles. The highest BCUT2D eigenvalue weighted by Crippen LogP contribution is 2.33. The van der Waals surface area contributed by atoms with Crippen molar-refractivity contribution >= 4 is 50.5 Å². The van der Waals surface area contributed by atoms with Crippen LogP contribution in [0.1, 0.15) is 0 Å². The minimum absolute atomic E-state index is 0.0215. The Morgan fingerprint density at radius 2 is 1.00 bits per heavy atom. The van der Waals surface area contributed by atoms with Gasteiger partial charge in [-0.05, 0) is 43.3 Å². The Morgan fingerprint density at radius 1 is 0.545 bits per heavy atom. The lowest BCUT2D eigenvalue weighted by Crippen LogP contribution is -2.05. The second-order valence-electron chi connectivity index (χ2n) is 5.42. The molecule has 4 aromatic carbocycles. The fraction of sp³-hybridized carbons (Fsp3) is 0. The summed E-state index contributed by atoms with van der Waals surface area (Å²) in [5, 5.41) is 6.80. The van der Waals surface area contributed by atoms with E-state index in [9.17, 15) is 0 Å². The van der Waals surface area contributed by atoms with E-state index in [1.165, 1.54) is 21.5 Å². The van der Waals surface area contributed by atoms with Crippen molar-refractivity contribution in [2.75, 3.05) is 0 Å². The summed E-state index contributed by atoms with van der Waals surface area (Å²) in [6.07, 6.45) is 0. The molecule has 0 aliphatic rings. The van der Waals surface area contributed by atoms with Crippen LogP contribution in [0.15, 0.2) is 72.8 Å². The van der Waals surface area contributed by atoms with Crippen molar-refractivity contribution in [1.82, 2.24) is 0 Å². The summed E-state index contributed by atoms with van der Waals surface area (Å²) in [4.78, 5) is 0. The van der Waals surface area contributed by atoms with Crippen molar-refractivity contribution in [3.63, 3.8) is 0 Å². The van der Waals surface area contributed by atoms with Crippen molar-refractivity contribution in [3.05, 3.63) is 72.8 Å². The highest BCUT2D eigenvalue weighted by atomic mass is 31.0. The molecule has 0 saturated carbocycles. The van der Waals surface area contributed by atoms with Gasteiger partial charge in [-0.25, -0.2) is 0 Å². The zero-order chi connectivity index (χ0) is 16.5. The van der Waals surface area contributed by atoms with Crippen LogP contribution in [0, 0.1) is 0 Å². The molecular weight excluding hydrogens is 302 g/mol. The van der Waals surface area contributed by atoms with Crippen LogP contribution >= 0.6 is 18.4 Å². The fourth-order valence-electron chi connectivity index (χ4n) is 3.08. The van der Waals surface area contributed by atoms with Crippen molar-refractivity contribution in [2.24, 2.45) is 0 Å². The Labute approximate surface area is 137 Å². The second-order valence-corrected chi connectivity index (χ2v) is 6.50. The fourth-order valence-corrected chi connectivity index (χ4v) is 3.77. The number of benzene rings is 4. The lowest BCUT2D eigenvalue weighted by Gasteiger charge is -2.15. The monoisotopic (exact) mass is 322 g/mol. The summed E-state index contributed by atoms with van der Waals surface area (Å²) < 4.78 is 16.1. The molecule has 22 heavy (non-hydrogen) atoms. The van der Waals surface area contributed by atoms with Crippen molar-refractivity contribution in [2.45, 2.75) is 0 Å². The lowest BCUT2D eigenvalue weighted by atomic mass is 9.94. The Hall–Kier alpha value is -1.74. The summed E-state index contributed by atoms with van der Waals surface area (Å²) in [7, 11) is -0.0431. The number of hydrogen-bond donors (Lipinski definition) is 0. The van der Waals surface area contributed by atoms with Crippen LogP contribution in [0.4, 0.5) is 0 Å². The molecule has 0 aromatic heterocycles. The van der Waals surface area contributed by atoms with E-state index < -0.39 is 0 Å². The molecule has 0 nitrogen and oxygen atoms in total. The Bertz CT molecular complexity index is 959. The molecular formula is C20H16P2. The van der Waals surface area contributed by atoms with Gasteiger partial charge in [-0.15, -0.1) is 18.4 Å². The lowest BCUT2D eigenvalue weighted by molar-refractivity contribution is 1.74. The molecule has 0 N–H and O–H groups in total. The average molecular weight is 322 g/mol. The van der Waals surface area contributed by atoms with E-state index in [0.717, 1.165) is 21.7 Å². The Kier molecular flexibility index (Phi) is 2.93. The van der Waals surface area contributed by atoms with E-state index >= 15 is 0 Å². The van der Waals surface area contributed by atoms with E-state index in [4.69, 9.17) is 2.56 Å². The van der Waals surface area contributed by atoms with E-state index in [2.05, 4.69) is 60.7 Å². The third-order valence-electron chi connectivity index (χ3n) is 4.11. The maximum atomic E-state index is 8.03. The molecule has 2 heteroatoms. The molecule has 0 aliphatic heterocycles. The van der Waals surface area contributed by atoms with Crippen molar-refractivity contribution in [3.8, 4) is 11.1 Å². The quantitative estimate of drug-likeness (QED) is 0.481. The summed E-state index contributed by atoms with van der Waals surface area (Å²) in [5.74, 6) is 0. The molecule has 106 valence electrons. The van der Waals surface area contributed by atoms with Gasteiger partial charge in [-0.2, -0.15) is 0 Å². The van der Waals surface area contributed by atoms with Gasteiger partial charge in [0.25, 0.3) is 0 Å². The van der Waals surface area contributed by atoms with Crippen LogP contribution in [0.2, 0.25) is 0 Å². The molecule has 0 spiro atoms. The molecule has 2 atom stereocenters. The molecule has 0 bridgehead atoms. The van der Waals surface area contributed by atoms with Crippen LogP contribution < -0.4 is 10.6 Å². The average Bonchev–Trinajstić information content (AvgIpc) is 2.66. The molecule has 0 aliphatic carbocycles. The smallest absolute Gasteiger partial charge is 0.0595 e. The highest BCUT2D eigenvalue weighted by molar-refractivity contribution is 7.29. The number of fused-ring (bicyclic) bond motifs is 2. The maximum absolute atomic E-state index is 8.03. The van der Waals surface area contributed by atoms with Gasteiger partial charge < -0.3 is 0 Å². The molecule has 0 radical (unpaired) electrons. The van der Waals surface area contributed by atoms with E-state index in [0.29, 0.717) is 0 Å². The first kappa shape index (κ1) is 11.8. The SMILES string of the molecule is [3H]Pc1ccc2ccccc2c1-c1c(P[3H])ccc2ccccc12. The van der Waals surface area contributed by atoms with E-state index in [1.54, 1.807) is 0 Å². The zero-order valence-electron chi connectivity index (χ0n) is 13.9. The van der Waals surface area contributed by atoms with Crippen LogP contribution in [0.25, 0.3) is 32.7 Å². The standard InChI is InChI=1S/C20H16P2/c21-17-11-9-13-5-1-3-7-15(13)19(17)20-16-8-4-2-6-14(16)10-12-18(20)22/h1-12H,21-22H2/i21T,22T. The first-order valence-electron chi connectivity index (χ1n) is 8.23. The zero-order valence-corrected chi connectivity index (χ0v) is 13.9. The molecule has 4 rings (SSSR count). The van der Waals surface area contributed by atoms with Crippen LogP contribution in [-0.2, 0) is 0 Å². The normalized spacial score (nSPS) is 13.5. The Morgan fingerprint density at radius 3 is 1.45 bits per heavy atom. The predicted octanol–water partition coefficient (Wildman–Crippen LogP) is 4.66. The van der Waals surface area contributed by atoms with Gasteiger partial charge in [0.1, 0.15) is 0 Å². The minimum atomic E-state index is -0.0215.